The summed E-state index contributed by atoms with van der Waals surface area (Å²) in [5.41, 5.74) is 7.89. The van der Waals surface area contributed by atoms with Crippen LogP contribution in [-0.4, -0.2) is 57.8 Å². The molecule has 0 bridgehead atoms. The SMILES string of the molecule is Cc1ccc2c(c1)C(=O)CC1(CCN(C(=O)C(Cc3c[nH]c4ccccc34)NC(=O)C(C)(C)N)CC1)O2. The average molecular weight is 503 g/mol. The number of rotatable bonds is 5. The lowest BCUT2D eigenvalue weighted by Gasteiger charge is -2.44. The monoisotopic (exact) mass is 502 g/mol. The van der Waals surface area contributed by atoms with Crippen LogP contribution in [0.3, 0.4) is 0 Å². The molecule has 2 amide bonds. The number of piperidine rings is 1. The molecule has 2 aromatic carbocycles. The van der Waals surface area contributed by atoms with Gasteiger partial charge in [-0.1, -0.05) is 29.8 Å². The molecule has 4 N–H and O–H groups in total. The Morgan fingerprint density at radius 2 is 1.92 bits per heavy atom. The molecular weight excluding hydrogens is 468 g/mol. The first-order chi connectivity index (χ1) is 17.5. The number of benzene rings is 2. The Morgan fingerprint density at radius 3 is 2.65 bits per heavy atom. The van der Waals surface area contributed by atoms with Gasteiger partial charge in [0.2, 0.25) is 11.8 Å². The molecule has 1 aromatic heterocycles. The molecule has 1 fully saturated rings. The lowest BCUT2D eigenvalue weighted by Crippen LogP contribution is -2.59. The number of hydrogen-bond donors (Lipinski definition) is 3. The van der Waals surface area contributed by atoms with E-state index in [4.69, 9.17) is 10.5 Å². The summed E-state index contributed by atoms with van der Waals surface area (Å²) in [5.74, 6) is 0.166. The molecule has 1 spiro atoms. The van der Waals surface area contributed by atoms with Crippen LogP contribution < -0.4 is 15.8 Å². The summed E-state index contributed by atoms with van der Waals surface area (Å²) >= 11 is 0. The molecule has 0 saturated carbocycles. The first-order valence-corrected chi connectivity index (χ1v) is 12.8. The molecule has 2 aliphatic rings. The summed E-state index contributed by atoms with van der Waals surface area (Å²) < 4.78 is 6.37. The van der Waals surface area contributed by atoms with Gasteiger partial charge < -0.3 is 25.7 Å². The molecule has 8 nitrogen and oxygen atoms in total. The van der Waals surface area contributed by atoms with Crippen LogP contribution in [0.25, 0.3) is 10.9 Å². The predicted octanol–water partition coefficient (Wildman–Crippen LogP) is 3.27. The smallest absolute Gasteiger partial charge is 0.245 e. The van der Waals surface area contributed by atoms with Gasteiger partial charge in [0, 0.05) is 49.5 Å². The fourth-order valence-electron chi connectivity index (χ4n) is 5.31. The quantitative estimate of drug-likeness (QED) is 0.495. The highest BCUT2D eigenvalue weighted by Gasteiger charge is 2.44. The van der Waals surface area contributed by atoms with Crippen molar-refractivity contribution in [1.82, 2.24) is 15.2 Å². The van der Waals surface area contributed by atoms with Gasteiger partial charge in [-0.25, -0.2) is 0 Å². The van der Waals surface area contributed by atoms with Crippen LogP contribution in [0.4, 0.5) is 0 Å². The minimum atomic E-state index is -1.12. The molecule has 0 aliphatic carbocycles. The molecule has 8 heteroatoms. The first-order valence-electron chi connectivity index (χ1n) is 12.8. The number of fused-ring (bicyclic) bond motifs is 2. The molecule has 2 aliphatic heterocycles. The maximum atomic E-state index is 13.7. The first kappa shape index (κ1) is 25.0. The van der Waals surface area contributed by atoms with Gasteiger partial charge >= 0.3 is 0 Å². The molecule has 37 heavy (non-hydrogen) atoms. The number of ketones is 1. The predicted molar refractivity (Wildman–Crippen MR) is 141 cm³/mol. The highest BCUT2D eigenvalue weighted by molar-refractivity contribution is 6.00. The van der Waals surface area contributed by atoms with Gasteiger partial charge in [0.05, 0.1) is 17.5 Å². The molecule has 1 saturated heterocycles. The number of aromatic nitrogens is 1. The minimum absolute atomic E-state index is 0.0828. The number of nitrogens with one attached hydrogen (secondary N) is 2. The van der Waals surface area contributed by atoms with E-state index in [0.717, 1.165) is 22.0 Å². The van der Waals surface area contributed by atoms with Crippen LogP contribution in [0.5, 0.6) is 5.75 Å². The summed E-state index contributed by atoms with van der Waals surface area (Å²) in [6, 6.07) is 12.8. The van der Waals surface area contributed by atoms with E-state index in [9.17, 15) is 14.4 Å². The van der Waals surface area contributed by atoms with E-state index in [0.29, 0.717) is 50.1 Å². The van der Waals surface area contributed by atoms with E-state index in [2.05, 4.69) is 10.3 Å². The van der Waals surface area contributed by atoms with Crippen molar-refractivity contribution < 1.29 is 19.1 Å². The van der Waals surface area contributed by atoms with E-state index in [1.165, 1.54) is 0 Å². The highest BCUT2D eigenvalue weighted by Crippen LogP contribution is 2.39. The summed E-state index contributed by atoms with van der Waals surface area (Å²) in [6.07, 6.45) is 3.63. The van der Waals surface area contributed by atoms with Crippen molar-refractivity contribution >= 4 is 28.5 Å². The molecule has 1 unspecified atom stereocenters. The van der Waals surface area contributed by atoms with E-state index in [1.807, 2.05) is 55.6 Å². The lowest BCUT2D eigenvalue weighted by atomic mass is 9.82. The fraction of sp³-hybridized carbons (Fsp3) is 0.414. The number of hydrogen-bond acceptors (Lipinski definition) is 5. The Hall–Kier alpha value is -3.65. The zero-order chi connectivity index (χ0) is 26.4. The number of para-hydroxylation sites is 1. The zero-order valence-corrected chi connectivity index (χ0v) is 21.6. The second-order valence-electron chi connectivity index (χ2n) is 11.0. The van der Waals surface area contributed by atoms with Crippen LogP contribution in [0.1, 0.15) is 54.6 Å². The number of carbonyl (C=O) groups excluding carboxylic acids is 3. The van der Waals surface area contributed by atoms with Gasteiger partial charge in [0.15, 0.2) is 5.78 Å². The number of carbonyl (C=O) groups is 3. The van der Waals surface area contributed by atoms with Crippen molar-refractivity contribution in [2.75, 3.05) is 13.1 Å². The number of H-pyrrole nitrogens is 1. The largest absolute Gasteiger partial charge is 0.486 e. The molecule has 3 aromatic rings. The minimum Gasteiger partial charge on any atom is -0.486 e. The van der Waals surface area contributed by atoms with Gasteiger partial charge in [-0.2, -0.15) is 0 Å². The van der Waals surface area contributed by atoms with Crippen molar-refractivity contribution in [1.29, 1.82) is 0 Å². The summed E-state index contributed by atoms with van der Waals surface area (Å²) in [7, 11) is 0. The van der Waals surface area contributed by atoms with Crippen LogP contribution in [0, 0.1) is 6.92 Å². The maximum absolute atomic E-state index is 13.7. The lowest BCUT2D eigenvalue weighted by molar-refractivity contribution is -0.140. The van der Waals surface area contributed by atoms with Crippen LogP contribution in [0.15, 0.2) is 48.7 Å². The van der Waals surface area contributed by atoms with Crippen molar-refractivity contribution in [2.24, 2.45) is 5.73 Å². The van der Waals surface area contributed by atoms with E-state index in [-0.39, 0.29) is 17.6 Å². The average Bonchev–Trinajstić information content (AvgIpc) is 3.26. The third kappa shape index (κ3) is 4.98. The van der Waals surface area contributed by atoms with Gasteiger partial charge in [-0.05, 0) is 44.5 Å². The van der Waals surface area contributed by atoms with Gasteiger partial charge in [0.1, 0.15) is 17.4 Å². The summed E-state index contributed by atoms with van der Waals surface area (Å²) in [5, 5.41) is 3.91. The third-order valence-corrected chi connectivity index (χ3v) is 7.52. The molecule has 1 atom stereocenters. The Morgan fingerprint density at radius 1 is 1.19 bits per heavy atom. The summed E-state index contributed by atoms with van der Waals surface area (Å²) in [6.45, 7) is 6.09. The number of amides is 2. The number of nitrogens with two attached hydrogens (primary N) is 1. The standard InChI is InChI=1S/C29H34N4O4/c1-18-8-9-25-21(14-18)24(34)16-29(37-25)10-12-33(13-11-29)26(35)23(32-27(36)28(2,3)30)15-19-17-31-22-7-5-4-6-20(19)22/h4-9,14,17,23,31H,10-13,15-16,30H2,1-3H3,(H,32,36). The number of aryl methyl sites for hydroxylation is 1. The van der Waals surface area contributed by atoms with Crippen molar-refractivity contribution in [3.05, 3.63) is 65.4 Å². The molecular formula is C29H34N4O4. The van der Waals surface area contributed by atoms with E-state index >= 15 is 0 Å². The summed E-state index contributed by atoms with van der Waals surface area (Å²) in [4.78, 5) is 44.5. The van der Waals surface area contributed by atoms with Crippen LogP contribution >= 0.6 is 0 Å². The molecule has 3 heterocycles. The second kappa shape index (κ2) is 9.34. The fourth-order valence-corrected chi connectivity index (χ4v) is 5.31. The van der Waals surface area contributed by atoms with Gasteiger partial charge in [-0.15, -0.1) is 0 Å². The topological polar surface area (TPSA) is 118 Å². The van der Waals surface area contributed by atoms with Crippen molar-refractivity contribution in [3.63, 3.8) is 0 Å². The maximum Gasteiger partial charge on any atom is 0.245 e. The molecule has 194 valence electrons. The van der Waals surface area contributed by atoms with Crippen molar-refractivity contribution in [2.45, 2.75) is 63.6 Å². The third-order valence-electron chi connectivity index (χ3n) is 7.52. The Kier molecular flexibility index (Phi) is 6.31. The zero-order valence-electron chi connectivity index (χ0n) is 21.6. The number of nitrogens with zero attached hydrogens (tertiary/aromatic N) is 1. The number of ether oxygens (including phenoxy) is 1. The van der Waals surface area contributed by atoms with Gasteiger partial charge in [0.25, 0.3) is 0 Å². The van der Waals surface area contributed by atoms with Crippen molar-refractivity contribution in [3.8, 4) is 5.75 Å². The van der Waals surface area contributed by atoms with Gasteiger partial charge in [-0.3, -0.25) is 14.4 Å². The Bertz CT molecular complexity index is 1360. The van der Waals surface area contributed by atoms with E-state index in [1.54, 1.807) is 18.7 Å². The number of likely N-dealkylation sites (tertiary alicyclic amines) is 1. The Balaban J connectivity index is 1.33. The van der Waals surface area contributed by atoms with E-state index < -0.39 is 17.2 Å². The number of Topliss-reactive ketones (excluding diaryl/α,β-unsaturated/α-hetero) is 1. The normalized spacial score (nSPS) is 17.8. The molecule has 0 radical (unpaired) electrons. The number of aromatic amines is 1. The molecule has 5 rings (SSSR count). The van der Waals surface area contributed by atoms with Crippen LogP contribution in [-0.2, 0) is 16.0 Å². The van der Waals surface area contributed by atoms with Crippen LogP contribution in [0.2, 0.25) is 0 Å². The second-order valence-corrected chi connectivity index (χ2v) is 11.0. The Labute approximate surface area is 216 Å². The highest BCUT2D eigenvalue weighted by atomic mass is 16.5.